The Morgan fingerprint density at radius 2 is 1.30 bits per heavy atom. The van der Waals surface area contributed by atoms with Gasteiger partial charge < -0.3 is 9.16 Å². The van der Waals surface area contributed by atoms with Gasteiger partial charge in [-0.1, -0.05) is 93.6 Å². The van der Waals surface area contributed by atoms with Crippen molar-refractivity contribution in [2.45, 2.75) is 25.8 Å². The van der Waals surface area contributed by atoms with Gasteiger partial charge in [-0.3, -0.25) is 0 Å². The summed E-state index contributed by atoms with van der Waals surface area (Å²) in [5.41, 5.74) is 2.24. The van der Waals surface area contributed by atoms with Crippen LogP contribution in [0.2, 0.25) is 5.04 Å². The standard InChI is InChI=1S/C29H30O2SSi/c1-29(2,3)33(27-11-7-5-8-12-27,28-13-9-6-10-14-28)31-26-20-24(19-25(21-26)30-4)16-15-23-17-18-32-22-23/h5-22H,1-4H3/b16-15+. The Hall–Kier alpha value is -3.08. The van der Waals surface area contributed by atoms with E-state index in [0.717, 1.165) is 17.1 Å². The van der Waals surface area contributed by atoms with Crippen LogP contribution in [-0.4, -0.2) is 15.4 Å². The minimum Gasteiger partial charge on any atom is -0.534 e. The van der Waals surface area contributed by atoms with Gasteiger partial charge in [0.05, 0.1) is 7.11 Å². The normalized spacial score (nSPS) is 12.1. The van der Waals surface area contributed by atoms with Crippen LogP contribution in [0.5, 0.6) is 11.5 Å². The molecule has 2 nitrogen and oxygen atoms in total. The fraction of sp³-hybridized carbons (Fsp3) is 0.172. The van der Waals surface area contributed by atoms with E-state index in [4.69, 9.17) is 9.16 Å². The maximum absolute atomic E-state index is 7.19. The molecule has 4 rings (SSSR count). The first-order chi connectivity index (χ1) is 15.9. The van der Waals surface area contributed by atoms with E-state index < -0.39 is 8.32 Å². The highest BCUT2D eigenvalue weighted by atomic mass is 32.1. The van der Waals surface area contributed by atoms with Crippen LogP contribution >= 0.6 is 11.3 Å². The van der Waals surface area contributed by atoms with Crippen molar-refractivity contribution in [3.63, 3.8) is 0 Å². The van der Waals surface area contributed by atoms with Crippen molar-refractivity contribution in [1.82, 2.24) is 0 Å². The van der Waals surface area contributed by atoms with Gasteiger partial charge in [-0.25, -0.2) is 0 Å². The molecule has 1 heterocycles. The first-order valence-electron chi connectivity index (χ1n) is 11.1. The van der Waals surface area contributed by atoms with Gasteiger partial charge in [0, 0.05) is 6.07 Å². The average Bonchev–Trinajstić information content (AvgIpc) is 3.35. The van der Waals surface area contributed by atoms with Crippen molar-refractivity contribution in [3.8, 4) is 11.5 Å². The monoisotopic (exact) mass is 470 g/mol. The molecule has 0 fully saturated rings. The van der Waals surface area contributed by atoms with E-state index in [2.05, 4.69) is 116 Å². The maximum atomic E-state index is 7.19. The zero-order valence-electron chi connectivity index (χ0n) is 19.6. The van der Waals surface area contributed by atoms with Crippen molar-refractivity contribution in [1.29, 1.82) is 0 Å². The summed E-state index contributed by atoms with van der Waals surface area (Å²) in [6, 6.07) is 29.7. The van der Waals surface area contributed by atoms with Gasteiger partial charge in [-0.2, -0.15) is 11.3 Å². The molecule has 0 amide bonds. The van der Waals surface area contributed by atoms with Crippen LogP contribution in [0.15, 0.2) is 95.7 Å². The van der Waals surface area contributed by atoms with Gasteiger partial charge in [-0.05, 0) is 55.5 Å². The van der Waals surface area contributed by atoms with Crippen molar-refractivity contribution >= 4 is 42.2 Å². The number of methoxy groups -OCH3 is 1. The summed E-state index contributed by atoms with van der Waals surface area (Å²) in [4.78, 5) is 0. The maximum Gasteiger partial charge on any atom is 0.319 e. The Labute approximate surface area is 202 Å². The minimum atomic E-state index is -2.70. The molecule has 0 bridgehead atoms. The Bertz CT molecular complexity index is 1150. The third-order valence-corrected chi connectivity index (χ3v) is 11.5. The average molecular weight is 471 g/mol. The van der Waals surface area contributed by atoms with Gasteiger partial charge in [0.25, 0.3) is 0 Å². The molecule has 33 heavy (non-hydrogen) atoms. The third-order valence-electron chi connectivity index (χ3n) is 5.84. The molecular weight excluding hydrogens is 440 g/mol. The minimum absolute atomic E-state index is 0.106. The van der Waals surface area contributed by atoms with Crippen molar-refractivity contribution < 1.29 is 9.16 Å². The predicted molar refractivity (Wildman–Crippen MR) is 144 cm³/mol. The van der Waals surface area contributed by atoms with E-state index >= 15 is 0 Å². The molecule has 4 aromatic rings. The molecule has 3 aromatic carbocycles. The fourth-order valence-corrected chi connectivity index (χ4v) is 9.29. The molecule has 0 saturated carbocycles. The van der Waals surface area contributed by atoms with E-state index in [1.54, 1.807) is 18.4 Å². The summed E-state index contributed by atoms with van der Waals surface area (Å²) < 4.78 is 12.8. The van der Waals surface area contributed by atoms with Crippen LogP contribution in [0.3, 0.4) is 0 Å². The lowest BCUT2D eigenvalue weighted by atomic mass is 10.1. The van der Waals surface area contributed by atoms with E-state index in [0.29, 0.717) is 0 Å². The van der Waals surface area contributed by atoms with Crippen molar-refractivity contribution in [2.24, 2.45) is 0 Å². The molecule has 0 aliphatic heterocycles. The summed E-state index contributed by atoms with van der Waals surface area (Å²) in [7, 11) is -1.00. The molecule has 0 N–H and O–H groups in total. The van der Waals surface area contributed by atoms with Crippen LogP contribution in [0.25, 0.3) is 12.2 Å². The van der Waals surface area contributed by atoms with Crippen molar-refractivity contribution in [2.75, 3.05) is 7.11 Å². The number of benzene rings is 3. The number of hydrogen-bond donors (Lipinski definition) is 0. The molecule has 0 atom stereocenters. The summed E-state index contributed by atoms with van der Waals surface area (Å²) >= 11 is 1.70. The molecule has 168 valence electrons. The predicted octanol–water partition coefficient (Wildman–Crippen LogP) is 6.87. The van der Waals surface area contributed by atoms with E-state index in [-0.39, 0.29) is 5.04 Å². The lowest BCUT2D eigenvalue weighted by molar-refractivity contribution is 0.411. The molecular formula is C29H30O2SSi. The molecule has 0 aliphatic carbocycles. The molecule has 0 aliphatic rings. The second-order valence-electron chi connectivity index (χ2n) is 9.10. The second kappa shape index (κ2) is 9.82. The number of rotatable bonds is 7. The topological polar surface area (TPSA) is 18.5 Å². The highest BCUT2D eigenvalue weighted by Gasteiger charge is 2.52. The summed E-state index contributed by atoms with van der Waals surface area (Å²) in [5, 5.41) is 6.62. The van der Waals surface area contributed by atoms with Crippen LogP contribution in [-0.2, 0) is 0 Å². The first-order valence-corrected chi connectivity index (χ1v) is 14.0. The summed E-state index contributed by atoms with van der Waals surface area (Å²) in [6.07, 6.45) is 4.24. The Morgan fingerprint density at radius 3 is 1.82 bits per heavy atom. The van der Waals surface area contributed by atoms with Gasteiger partial charge in [0.15, 0.2) is 0 Å². The number of hydrogen-bond acceptors (Lipinski definition) is 3. The zero-order valence-corrected chi connectivity index (χ0v) is 21.4. The lowest BCUT2D eigenvalue weighted by Crippen LogP contribution is -2.68. The van der Waals surface area contributed by atoms with Gasteiger partial charge in [-0.15, -0.1) is 0 Å². The molecule has 1 aromatic heterocycles. The van der Waals surface area contributed by atoms with Crippen molar-refractivity contribution in [3.05, 3.63) is 107 Å². The molecule has 0 radical (unpaired) electrons. The summed E-state index contributed by atoms with van der Waals surface area (Å²) in [5.74, 6) is 1.61. The smallest absolute Gasteiger partial charge is 0.319 e. The van der Waals surface area contributed by atoms with Crippen LogP contribution in [0.1, 0.15) is 31.9 Å². The Morgan fingerprint density at radius 1 is 0.727 bits per heavy atom. The van der Waals surface area contributed by atoms with Gasteiger partial charge in [0.1, 0.15) is 11.5 Å². The highest BCUT2D eigenvalue weighted by molar-refractivity contribution is 7.08. The second-order valence-corrected chi connectivity index (χ2v) is 14.1. The summed E-state index contributed by atoms with van der Waals surface area (Å²) in [6.45, 7) is 6.87. The molecule has 4 heteroatoms. The lowest BCUT2D eigenvalue weighted by Gasteiger charge is -2.43. The molecule has 0 unspecified atom stereocenters. The number of ether oxygens (including phenoxy) is 1. The molecule has 0 saturated heterocycles. The van der Waals surface area contributed by atoms with Crippen LogP contribution in [0, 0.1) is 0 Å². The van der Waals surface area contributed by atoms with E-state index in [9.17, 15) is 0 Å². The van der Waals surface area contributed by atoms with Gasteiger partial charge in [0.2, 0.25) is 0 Å². The Balaban J connectivity index is 1.85. The fourth-order valence-electron chi connectivity index (χ4n) is 4.26. The SMILES string of the molecule is COc1cc(/C=C/c2ccsc2)cc(O[Si](c2ccccc2)(c2ccccc2)C(C)(C)C)c1. The van der Waals surface area contributed by atoms with E-state index in [1.807, 2.05) is 12.1 Å². The quantitative estimate of drug-likeness (QED) is 0.275. The highest BCUT2D eigenvalue weighted by Crippen LogP contribution is 2.38. The largest absolute Gasteiger partial charge is 0.534 e. The van der Waals surface area contributed by atoms with Gasteiger partial charge >= 0.3 is 8.32 Å². The van der Waals surface area contributed by atoms with E-state index in [1.165, 1.54) is 15.9 Å². The first kappa shape index (κ1) is 23.1. The van der Waals surface area contributed by atoms with Crippen LogP contribution < -0.4 is 19.5 Å². The Kier molecular flexibility index (Phi) is 6.87. The third kappa shape index (κ3) is 4.97. The molecule has 0 spiro atoms. The van der Waals surface area contributed by atoms with Crippen LogP contribution in [0.4, 0.5) is 0 Å². The number of thiophene rings is 1. The zero-order chi connectivity index (χ0) is 23.3.